The van der Waals surface area contributed by atoms with Crippen molar-refractivity contribution < 1.29 is 14.5 Å². The van der Waals surface area contributed by atoms with Crippen molar-refractivity contribution in [2.45, 2.75) is 26.7 Å². The molecule has 1 aromatic rings. The SMILES string of the molecule is Cc1ccc(NC(=O)NC(=O)C[NH+]2CCCC2)cc1C. The van der Waals surface area contributed by atoms with E-state index in [9.17, 15) is 9.59 Å². The monoisotopic (exact) mass is 276 g/mol. The van der Waals surface area contributed by atoms with Gasteiger partial charge in [0.15, 0.2) is 6.54 Å². The summed E-state index contributed by atoms with van der Waals surface area (Å²) in [7, 11) is 0. The molecule has 3 N–H and O–H groups in total. The van der Waals surface area contributed by atoms with Gasteiger partial charge in [-0.1, -0.05) is 6.07 Å². The van der Waals surface area contributed by atoms with E-state index >= 15 is 0 Å². The topological polar surface area (TPSA) is 62.6 Å². The maximum absolute atomic E-state index is 11.7. The maximum atomic E-state index is 11.7. The third-order valence-electron chi connectivity index (χ3n) is 3.74. The maximum Gasteiger partial charge on any atom is 0.326 e. The average molecular weight is 276 g/mol. The summed E-state index contributed by atoms with van der Waals surface area (Å²) in [6.07, 6.45) is 2.33. The molecular formula is C15H22N3O2+. The third-order valence-corrected chi connectivity index (χ3v) is 3.74. The number of likely N-dealkylation sites (tertiary alicyclic amines) is 1. The van der Waals surface area contributed by atoms with Crippen LogP contribution in [0.15, 0.2) is 18.2 Å². The normalized spacial score (nSPS) is 15.1. The molecule has 0 atom stereocenters. The fourth-order valence-corrected chi connectivity index (χ4v) is 2.43. The lowest BCUT2D eigenvalue weighted by molar-refractivity contribution is -0.879. The number of nitrogens with one attached hydrogen (secondary N) is 3. The van der Waals surface area contributed by atoms with E-state index in [-0.39, 0.29) is 5.91 Å². The zero-order valence-electron chi connectivity index (χ0n) is 12.1. The second-order valence-electron chi connectivity index (χ2n) is 5.44. The van der Waals surface area contributed by atoms with Crippen molar-refractivity contribution in [1.82, 2.24) is 5.32 Å². The summed E-state index contributed by atoms with van der Waals surface area (Å²) in [6.45, 7) is 6.42. The van der Waals surface area contributed by atoms with Gasteiger partial charge in [0.2, 0.25) is 0 Å². The molecular weight excluding hydrogens is 254 g/mol. The predicted octanol–water partition coefficient (Wildman–Crippen LogP) is 0.630. The molecule has 2 rings (SSSR count). The Morgan fingerprint density at radius 2 is 1.85 bits per heavy atom. The van der Waals surface area contributed by atoms with Crippen molar-refractivity contribution in [2.75, 3.05) is 25.0 Å². The van der Waals surface area contributed by atoms with Crippen molar-refractivity contribution in [3.05, 3.63) is 29.3 Å². The molecule has 1 aromatic carbocycles. The lowest BCUT2D eigenvalue weighted by Crippen LogP contribution is -3.11. The van der Waals surface area contributed by atoms with Gasteiger partial charge in [-0.15, -0.1) is 0 Å². The molecule has 5 heteroatoms. The number of aryl methyl sites for hydroxylation is 2. The first-order valence-corrected chi connectivity index (χ1v) is 7.06. The fourth-order valence-electron chi connectivity index (χ4n) is 2.43. The number of rotatable bonds is 3. The van der Waals surface area contributed by atoms with Crippen LogP contribution in [-0.2, 0) is 4.79 Å². The Balaban J connectivity index is 1.82. The highest BCUT2D eigenvalue weighted by atomic mass is 16.2. The highest BCUT2D eigenvalue weighted by molar-refractivity contribution is 6.01. The number of carbonyl (C=O) groups excluding carboxylic acids is 2. The zero-order valence-corrected chi connectivity index (χ0v) is 12.1. The van der Waals surface area contributed by atoms with Gasteiger partial charge in [-0.3, -0.25) is 10.1 Å². The Bertz CT molecular complexity index is 508. The number of anilines is 1. The number of hydrogen-bond acceptors (Lipinski definition) is 2. The second-order valence-corrected chi connectivity index (χ2v) is 5.44. The number of hydrogen-bond donors (Lipinski definition) is 3. The molecule has 1 fully saturated rings. The van der Waals surface area contributed by atoms with Crippen molar-refractivity contribution in [3.8, 4) is 0 Å². The van der Waals surface area contributed by atoms with E-state index in [0.717, 1.165) is 31.5 Å². The zero-order chi connectivity index (χ0) is 14.5. The summed E-state index contributed by atoms with van der Waals surface area (Å²) < 4.78 is 0. The van der Waals surface area contributed by atoms with Gasteiger partial charge >= 0.3 is 6.03 Å². The van der Waals surface area contributed by atoms with Gasteiger partial charge in [0.1, 0.15) is 0 Å². The van der Waals surface area contributed by atoms with Crippen LogP contribution in [0.2, 0.25) is 0 Å². The van der Waals surface area contributed by atoms with Gasteiger partial charge in [-0.25, -0.2) is 4.79 Å². The summed E-state index contributed by atoms with van der Waals surface area (Å²) in [4.78, 5) is 24.7. The van der Waals surface area contributed by atoms with Gasteiger partial charge in [-0.05, 0) is 37.1 Å². The second kappa shape index (κ2) is 6.52. The molecule has 108 valence electrons. The quantitative estimate of drug-likeness (QED) is 0.758. The number of carbonyl (C=O) groups is 2. The standard InChI is InChI=1S/C15H21N3O2/c1-11-5-6-13(9-12(11)2)16-15(20)17-14(19)10-18-7-3-4-8-18/h5-6,9H,3-4,7-8,10H2,1-2H3,(H2,16,17,19,20)/p+1. The van der Waals surface area contributed by atoms with Gasteiger partial charge in [0.25, 0.3) is 5.91 Å². The Morgan fingerprint density at radius 1 is 1.15 bits per heavy atom. The molecule has 0 radical (unpaired) electrons. The van der Waals surface area contributed by atoms with Crippen LogP contribution in [0.3, 0.4) is 0 Å². The molecule has 1 aliphatic rings. The van der Waals surface area contributed by atoms with Crippen LogP contribution >= 0.6 is 0 Å². The number of benzene rings is 1. The van der Waals surface area contributed by atoms with Gasteiger partial charge in [-0.2, -0.15) is 0 Å². The van der Waals surface area contributed by atoms with E-state index in [4.69, 9.17) is 0 Å². The third kappa shape index (κ3) is 4.06. The number of amides is 3. The minimum atomic E-state index is -0.461. The van der Waals surface area contributed by atoms with Crippen LogP contribution < -0.4 is 15.5 Å². The van der Waals surface area contributed by atoms with E-state index in [0.29, 0.717) is 12.2 Å². The van der Waals surface area contributed by atoms with Crippen LogP contribution in [0.4, 0.5) is 10.5 Å². The highest BCUT2D eigenvalue weighted by Crippen LogP contribution is 2.13. The molecule has 0 bridgehead atoms. The van der Waals surface area contributed by atoms with Crippen LogP contribution in [0.25, 0.3) is 0 Å². The summed E-state index contributed by atoms with van der Waals surface area (Å²) in [6, 6.07) is 5.21. The first-order valence-electron chi connectivity index (χ1n) is 7.06. The van der Waals surface area contributed by atoms with E-state index in [1.807, 2.05) is 32.0 Å². The first kappa shape index (κ1) is 14.5. The van der Waals surface area contributed by atoms with Crippen molar-refractivity contribution >= 4 is 17.6 Å². The Kier molecular flexibility index (Phi) is 4.74. The molecule has 0 aromatic heterocycles. The first-order chi connectivity index (χ1) is 9.54. The molecule has 1 aliphatic heterocycles. The molecule has 0 unspecified atom stereocenters. The summed E-state index contributed by atoms with van der Waals surface area (Å²) in [5.41, 5.74) is 2.98. The Morgan fingerprint density at radius 3 is 2.50 bits per heavy atom. The fraction of sp³-hybridized carbons (Fsp3) is 0.467. The number of quaternary nitrogens is 1. The van der Waals surface area contributed by atoms with Crippen LogP contribution in [0.1, 0.15) is 24.0 Å². The predicted molar refractivity (Wildman–Crippen MR) is 77.9 cm³/mol. The molecule has 0 saturated carbocycles. The molecule has 0 aliphatic carbocycles. The molecule has 20 heavy (non-hydrogen) atoms. The molecule has 1 heterocycles. The van der Waals surface area contributed by atoms with Crippen LogP contribution in [-0.4, -0.2) is 31.6 Å². The van der Waals surface area contributed by atoms with Crippen molar-refractivity contribution in [1.29, 1.82) is 0 Å². The summed E-state index contributed by atoms with van der Waals surface area (Å²) in [5.74, 6) is -0.219. The molecule has 1 saturated heterocycles. The average Bonchev–Trinajstić information content (AvgIpc) is 2.86. The minimum absolute atomic E-state index is 0.219. The summed E-state index contributed by atoms with van der Waals surface area (Å²) >= 11 is 0. The number of urea groups is 1. The Hall–Kier alpha value is -1.88. The summed E-state index contributed by atoms with van der Waals surface area (Å²) in [5, 5.41) is 5.07. The lowest BCUT2D eigenvalue weighted by Gasteiger charge is -2.12. The van der Waals surface area contributed by atoms with Crippen molar-refractivity contribution in [2.24, 2.45) is 0 Å². The molecule has 3 amide bonds. The minimum Gasteiger partial charge on any atom is -0.327 e. The van der Waals surface area contributed by atoms with Crippen LogP contribution in [0, 0.1) is 13.8 Å². The van der Waals surface area contributed by atoms with Gasteiger partial charge in [0.05, 0.1) is 13.1 Å². The van der Waals surface area contributed by atoms with E-state index in [2.05, 4.69) is 10.6 Å². The van der Waals surface area contributed by atoms with E-state index in [1.165, 1.54) is 10.5 Å². The van der Waals surface area contributed by atoms with Crippen LogP contribution in [0.5, 0.6) is 0 Å². The number of imide groups is 1. The molecule has 0 spiro atoms. The largest absolute Gasteiger partial charge is 0.327 e. The molecule has 5 nitrogen and oxygen atoms in total. The van der Waals surface area contributed by atoms with E-state index in [1.54, 1.807) is 0 Å². The van der Waals surface area contributed by atoms with Gasteiger partial charge in [0, 0.05) is 18.5 Å². The smallest absolute Gasteiger partial charge is 0.326 e. The van der Waals surface area contributed by atoms with Crippen molar-refractivity contribution in [3.63, 3.8) is 0 Å². The highest BCUT2D eigenvalue weighted by Gasteiger charge is 2.20. The van der Waals surface area contributed by atoms with Gasteiger partial charge < -0.3 is 10.2 Å². The van der Waals surface area contributed by atoms with E-state index < -0.39 is 6.03 Å². The Labute approximate surface area is 119 Å². The lowest BCUT2D eigenvalue weighted by atomic mass is 10.1.